The van der Waals surface area contributed by atoms with E-state index in [4.69, 9.17) is 5.73 Å². The lowest BCUT2D eigenvalue weighted by molar-refractivity contribution is 0.0101. The highest BCUT2D eigenvalue weighted by Gasteiger charge is 2.29. The number of rotatable bonds is 2. The van der Waals surface area contributed by atoms with Crippen LogP contribution in [-0.4, -0.2) is 28.8 Å². The summed E-state index contributed by atoms with van der Waals surface area (Å²) in [6.07, 6.45) is 2.16. The SMILES string of the molecule is Nc1cccc(CC2(O)CCNCC2)n1. The van der Waals surface area contributed by atoms with E-state index in [-0.39, 0.29) is 0 Å². The molecule has 4 nitrogen and oxygen atoms in total. The standard InChI is InChI=1S/C11H17N3O/c12-10-3-1-2-9(14-10)8-11(15)4-6-13-7-5-11/h1-3,13,15H,4-8H2,(H2,12,14). The monoisotopic (exact) mass is 207 g/mol. The van der Waals surface area contributed by atoms with Crippen molar-refractivity contribution in [3.63, 3.8) is 0 Å². The first-order valence-electron chi connectivity index (χ1n) is 5.32. The molecule has 1 saturated heterocycles. The Balaban J connectivity index is 2.06. The predicted molar refractivity (Wildman–Crippen MR) is 59.4 cm³/mol. The van der Waals surface area contributed by atoms with E-state index in [0.29, 0.717) is 12.2 Å². The summed E-state index contributed by atoms with van der Waals surface area (Å²) in [6.45, 7) is 1.75. The van der Waals surface area contributed by atoms with Gasteiger partial charge in [-0.2, -0.15) is 0 Å². The molecular weight excluding hydrogens is 190 g/mol. The Bertz CT molecular complexity index is 334. The zero-order chi connectivity index (χ0) is 10.7. The fourth-order valence-corrected chi connectivity index (χ4v) is 2.00. The number of pyridine rings is 1. The Kier molecular flexibility index (Phi) is 2.88. The second kappa shape index (κ2) is 4.16. The molecule has 1 aromatic rings. The molecule has 1 aliphatic heterocycles. The summed E-state index contributed by atoms with van der Waals surface area (Å²) in [6, 6.07) is 5.55. The van der Waals surface area contributed by atoms with Gasteiger partial charge in [-0.05, 0) is 38.1 Å². The normalized spacial score (nSPS) is 20.1. The average molecular weight is 207 g/mol. The van der Waals surface area contributed by atoms with Crippen LogP contribution in [0.2, 0.25) is 0 Å². The lowest BCUT2D eigenvalue weighted by Gasteiger charge is -2.32. The molecule has 0 radical (unpaired) electrons. The molecule has 4 N–H and O–H groups in total. The first-order valence-corrected chi connectivity index (χ1v) is 5.32. The molecule has 0 aliphatic carbocycles. The fourth-order valence-electron chi connectivity index (χ4n) is 2.00. The average Bonchev–Trinajstić information content (AvgIpc) is 2.18. The smallest absolute Gasteiger partial charge is 0.123 e. The molecule has 1 aliphatic rings. The summed E-state index contributed by atoms with van der Waals surface area (Å²) in [5.41, 5.74) is 5.87. The second-order valence-corrected chi connectivity index (χ2v) is 4.20. The molecule has 0 unspecified atom stereocenters. The van der Waals surface area contributed by atoms with E-state index >= 15 is 0 Å². The molecule has 0 atom stereocenters. The molecule has 0 saturated carbocycles. The zero-order valence-corrected chi connectivity index (χ0v) is 8.74. The topological polar surface area (TPSA) is 71.2 Å². The highest BCUT2D eigenvalue weighted by atomic mass is 16.3. The summed E-state index contributed by atoms with van der Waals surface area (Å²) < 4.78 is 0. The van der Waals surface area contributed by atoms with Crippen molar-refractivity contribution >= 4 is 5.82 Å². The Morgan fingerprint density at radius 2 is 2.13 bits per heavy atom. The number of hydrogen-bond acceptors (Lipinski definition) is 4. The maximum atomic E-state index is 10.3. The largest absolute Gasteiger partial charge is 0.389 e. The van der Waals surface area contributed by atoms with E-state index in [1.54, 1.807) is 6.07 Å². The summed E-state index contributed by atoms with van der Waals surface area (Å²) >= 11 is 0. The van der Waals surface area contributed by atoms with Crippen LogP contribution in [0.3, 0.4) is 0 Å². The third-order valence-electron chi connectivity index (χ3n) is 2.87. The Morgan fingerprint density at radius 3 is 2.80 bits per heavy atom. The van der Waals surface area contributed by atoms with Crippen molar-refractivity contribution in [1.29, 1.82) is 0 Å². The molecular formula is C11H17N3O. The van der Waals surface area contributed by atoms with Gasteiger partial charge < -0.3 is 16.2 Å². The maximum absolute atomic E-state index is 10.3. The number of nitrogen functional groups attached to an aromatic ring is 1. The van der Waals surface area contributed by atoms with Crippen LogP contribution in [-0.2, 0) is 6.42 Å². The van der Waals surface area contributed by atoms with Crippen molar-refractivity contribution in [3.05, 3.63) is 23.9 Å². The lowest BCUT2D eigenvalue weighted by atomic mass is 9.88. The first kappa shape index (κ1) is 10.4. The summed E-state index contributed by atoms with van der Waals surface area (Å²) in [7, 11) is 0. The summed E-state index contributed by atoms with van der Waals surface area (Å²) in [4.78, 5) is 4.21. The number of aliphatic hydroxyl groups is 1. The van der Waals surface area contributed by atoms with Gasteiger partial charge in [0.15, 0.2) is 0 Å². The molecule has 4 heteroatoms. The van der Waals surface area contributed by atoms with E-state index in [9.17, 15) is 5.11 Å². The lowest BCUT2D eigenvalue weighted by Crippen LogP contribution is -2.43. The van der Waals surface area contributed by atoms with E-state index < -0.39 is 5.60 Å². The third-order valence-corrected chi connectivity index (χ3v) is 2.87. The molecule has 82 valence electrons. The maximum Gasteiger partial charge on any atom is 0.123 e. The molecule has 0 amide bonds. The van der Waals surface area contributed by atoms with Gasteiger partial charge in [0.2, 0.25) is 0 Å². The quantitative estimate of drug-likeness (QED) is 0.653. The minimum absolute atomic E-state index is 0.519. The van der Waals surface area contributed by atoms with Crippen molar-refractivity contribution in [3.8, 4) is 0 Å². The Labute approximate surface area is 89.5 Å². The van der Waals surface area contributed by atoms with Gasteiger partial charge in [-0.25, -0.2) is 4.98 Å². The van der Waals surface area contributed by atoms with Crippen molar-refractivity contribution in [2.75, 3.05) is 18.8 Å². The predicted octanol–water partition coefficient (Wildman–Crippen LogP) is 0.321. The summed E-state index contributed by atoms with van der Waals surface area (Å²) in [5, 5.41) is 13.5. The van der Waals surface area contributed by atoms with E-state index in [1.807, 2.05) is 12.1 Å². The Hall–Kier alpha value is -1.13. The molecule has 2 heterocycles. The molecule has 2 rings (SSSR count). The number of nitrogens with zero attached hydrogens (tertiary/aromatic N) is 1. The van der Waals surface area contributed by atoms with Crippen LogP contribution in [0.15, 0.2) is 18.2 Å². The van der Waals surface area contributed by atoms with Crippen molar-refractivity contribution in [1.82, 2.24) is 10.3 Å². The number of aromatic nitrogens is 1. The van der Waals surface area contributed by atoms with Crippen molar-refractivity contribution < 1.29 is 5.11 Å². The summed E-state index contributed by atoms with van der Waals surface area (Å²) in [5.74, 6) is 0.519. The van der Waals surface area contributed by atoms with Gasteiger partial charge in [0.05, 0.1) is 5.60 Å². The molecule has 0 aromatic carbocycles. The zero-order valence-electron chi connectivity index (χ0n) is 8.74. The molecule has 0 bridgehead atoms. The van der Waals surface area contributed by atoms with Crippen LogP contribution >= 0.6 is 0 Å². The Morgan fingerprint density at radius 1 is 1.40 bits per heavy atom. The van der Waals surface area contributed by atoms with Gasteiger partial charge >= 0.3 is 0 Å². The van der Waals surface area contributed by atoms with Gasteiger partial charge in [-0.15, -0.1) is 0 Å². The molecule has 15 heavy (non-hydrogen) atoms. The van der Waals surface area contributed by atoms with Crippen molar-refractivity contribution in [2.24, 2.45) is 0 Å². The van der Waals surface area contributed by atoms with Gasteiger partial charge in [0.25, 0.3) is 0 Å². The number of piperidine rings is 1. The molecule has 1 aromatic heterocycles. The minimum atomic E-state index is -0.605. The van der Waals surface area contributed by atoms with Crippen LogP contribution in [0.25, 0.3) is 0 Å². The van der Waals surface area contributed by atoms with Gasteiger partial charge in [-0.1, -0.05) is 6.07 Å². The molecule has 0 spiro atoms. The van der Waals surface area contributed by atoms with E-state index in [0.717, 1.165) is 31.6 Å². The van der Waals surface area contributed by atoms with Crippen LogP contribution in [0.1, 0.15) is 18.5 Å². The first-order chi connectivity index (χ1) is 7.18. The highest BCUT2D eigenvalue weighted by molar-refractivity contribution is 5.29. The third kappa shape index (κ3) is 2.67. The number of nitrogens with one attached hydrogen (secondary N) is 1. The van der Waals surface area contributed by atoms with Crippen LogP contribution in [0.4, 0.5) is 5.82 Å². The highest BCUT2D eigenvalue weighted by Crippen LogP contribution is 2.22. The van der Waals surface area contributed by atoms with Gasteiger partial charge in [0, 0.05) is 12.1 Å². The fraction of sp³-hybridized carbons (Fsp3) is 0.545. The number of anilines is 1. The van der Waals surface area contributed by atoms with Crippen LogP contribution in [0.5, 0.6) is 0 Å². The van der Waals surface area contributed by atoms with Crippen LogP contribution in [0, 0.1) is 0 Å². The van der Waals surface area contributed by atoms with E-state index in [2.05, 4.69) is 10.3 Å². The van der Waals surface area contributed by atoms with E-state index in [1.165, 1.54) is 0 Å². The van der Waals surface area contributed by atoms with Crippen LogP contribution < -0.4 is 11.1 Å². The minimum Gasteiger partial charge on any atom is -0.389 e. The number of nitrogens with two attached hydrogens (primary N) is 1. The molecule has 1 fully saturated rings. The second-order valence-electron chi connectivity index (χ2n) is 4.20. The van der Waals surface area contributed by atoms with Crippen molar-refractivity contribution in [2.45, 2.75) is 24.9 Å². The van der Waals surface area contributed by atoms with Gasteiger partial charge in [0.1, 0.15) is 5.82 Å². The van der Waals surface area contributed by atoms with Gasteiger partial charge in [-0.3, -0.25) is 0 Å². The number of hydrogen-bond donors (Lipinski definition) is 3.